The highest BCUT2D eigenvalue weighted by molar-refractivity contribution is 14.1. The number of alkyl halides is 3. The fourth-order valence-corrected chi connectivity index (χ4v) is 2.56. The number of nitrogens with two attached hydrogens (primary N) is 1. The SMILES string of the molecule is Nc1ccc(NC(=S)Nc2ccc(I)c(C(F)(F)F)c2)cc1. The molecule has 0 bridgehead atoms. The van der Waals surface area contributed by atoms with Crippen molar-refractivity contribution in [3.05, 3.63) is 51.6 Å². The molecule has 0 heterocycles. The molecule has 0 saturated heterocycles. The number of halogens is 4. The normalized spacial score (nSPS) is 11.1. The van der Waals surface area contributed by atoms with Crippen LogP contribution in [0.5, 0.6) is 0 Å². The maximum atomic E-state index is 12.9. The molecule has 0 radical (unpaired) electrons. The first kappa shape index (κ1) is 16.8. The smallest absolute Gasteiger partial charge is 0.399 e. The standard InChI is InChI=1S/C14H11F3IN3S/c15-14(16,17)11-7-10(5-6-12(11)18)21-13(22)20-9-3-1-8(19)2-4-9/h1-7H,19H2,(H2,20,21,22). The molecule has 0 saturated carbocycles. The molecular weight excluding hydrogens is 426 g/mol. The highest BCUT2D eigenvalue weighted by atomic mass is 127. The molecule has 116 valence electrons. The van der Waals surface area contributed by atoms with Crippen LogP contribution in [-0.4, -0.2) is 5.11 Å². The summed E-state index contributed by atoms with van der Waals surface area (Å²) in [4.78, 5) is 0. The summed E-state index contributed by atoms with van der Waals surface area (Å²) in [6.45, 7) is 0. The summed E-state index contributed by atoms with van der Waals surface area (Å²) in [6.07, 6.45) is -4.40. The van der Waals surface area contributed by atoms with Crippen molar-refractivity contribution in [1.29, 1.82) is 0 Å². The molecule has 8 heteroatoms. The molecule has 0 fully saturated rings. The Kier molecular flexibility index (Phi) is 5.12. The lowest BCUT2D eigenvalue weighted by Crippen LogP contribution is -2.19. The number of hydrogen-bond donors (Lipinski definition) is 3. The largest absolute Gasteiger partial charge is 0.417 e. The van der Waals surface area contributed by atoms with Gasteiger partial charge in [-0.1, -0.05) is 0 Å². The first-order valence-electron chi connectivity index (χ1n) is 6.06. The summed E-state index contributed by atoms with van der Waals surface area (Å²) in [5, 5.41) is 5.80. The fraction of sp³-hybridized carbons (Fsp3) is 0.0714. The molecule has 3 nitrogen and oxygen atoms in total. The molecule has 0 aliphatic rings. The van der Waals surface area contributed by atoms with Crippen LogP contribution in [0.4, 0.5) is 30.2 Å². The molecule has 0 aliphatic heterocycles. The van der Waals surface area contributed by atoms with E-state index in [4.69, 9.17) is 18.0 Å². The van der Waals surface area contributed by atoms with Gasteiger partial charge >= 0.3 is 6.18 Å². The fourth-order valence-electron chi connectivity index (χ4n) is 1.68. The summed E-state index contributed by atoms with van der Waals surface area (Å²) in [6, 6.07) is 10.8. The third-order valence-corrected chi connectivity index (χ3v) is 3.84. The molecular formula is C14H11F3IN3S. The van der Waals surface area contributed by atoms with E-state index in [2.05, 4.69) is 10.6 Å². The molecule has 22 heavy (non-hydrogen) atoms. The van der Waals surface area contributed by atoms with Crippen LogP contribution in [-0.2, 0) is 6.18 Å². The highest BCUT2D eigenvalue weighted by Crippen LogP contribution is 2.34. The van der Waals surface area contributed by atoms with E-state index in [0.717, 1.165) is 6.07 Å². The van der Waals surface area contributed by atoms with Crippen molar-refractivity contribution < 1.29 is 13.2 Å². The summed E-state index contributed by atoms with van der Waals surface area (Å²) in [5.41, 5.74) is 6.43. The third kappa shape index (κ3) is 4.47. The Labute approximate surface area is 144 Å². The first-order valence-corrected chi connectivity index (χ1v) is 7.55. The van der Waals surface area contributed by atoms with Crippen molar-refractivity contribution in [2.75, 3.05) is 16.4 Å². The molecule has 0 amide bonds. The number of nitrogen functional groups attached to an aromatic ring is 1. The lowest BCUT2D eigenvalue weighted by Gasteiger charge is -2.14. The molecule has 0 aromatic heterocycles. The maximum Gasteiger partial charge on any atom is 0.417 e. The predicted octanol–water partition coefficient (Wildman–Crippen LogP) is 4.70. The van der Waals surface area contributed by atoms with Crippen molar-refractivity contribution >= 4 is 57.0 Å². The Morgan fingerprint density at radius 1 is 1.00 bits per heavy atom. The Morgan fingerprint density at radius 3 is 2.14 bits per heavy atom. The highest BCUT2D eigenvalue weighted by Gasteiger charge is 2.33. The van der Waals surface area contributed by atoms with Gasteiger partial charge in [0.2, 0.25) is 0 Å². The van der Waals surface area contributed by atoms with Gasteiger partial charge in [-0.25, -0.2) is 0 Å². The minimum atomic E-state index is -4.40. The van der Waals surface area contributed by atoms with Crippen LogP contribution in [0.3, 0.4) is 0 Å². The Bertz CT molecular complexity index is 687. The van der Waals surface area contributed by atoms with E-state index < -0.39 is 11.7 Å². The van der Waals surface area contributed by atoms with Crippen molar-refractivity contribution in [2.24, 2.45) is 0 Å². The lowest BCUT2D eigenvalue weighted by molar-refractivity contribution is -0.138. The van der Waals surface area contributed by atoms with Crippen LogP contribution < -0.4 is 16.4 Å². The Hall–Kier alpha value is -1.55. The quantitative estimate of drug-likeness (QED) is 0.362. The molecule has 0 aliphatic carbocycles. The van der Waals surface area contributed by atoms with Crippen LogP contribution in [0.1, 0.15) is 5.56 Å². The van der Waals surface area contributed by atoms with Crippen LogP contribution in [0.15, 0.2) is 42.5 Å². The van der Waals surface area contributed by atoms with Crippen molar-refractivity contribution in [3.8, 4) is 0 Å². The zero-order valence-corrected chi connectivity index (χ0v) is 14.0. The van der Waals surface area contributed by atoms with Gasteiger partial charge in [-0.05, 0) is 77.3 Å². The van der Waals surface area contributed by atoms with Gasteiger partial charge in [-0.15, -0.1) is 0 Å². The molecule has 2 aromatic carbocycles. The van der Waals surface area contributed by atoms with Gasteiger partial charge in [0.15, 0.2) is 5.11 Å². The van der Waals surface area contributed by atoms with Gasteiger partial charge in [0.1, 0.15) is 0 Å². The second kappa shape index (κ2) is 6.69. The van der Waals surface area contributed by atoms with Gasteiger partial charge in [-0.3, -0.25) is 0 Å². The van der Waals surface area contributed by atoms with E-state index in [1.807, 2.05) is 0 Å². The number of nitrogens with one attached hydrogen (secondary N) is 2. The van der Waals surface area contributed by atoms with Gasteiger partial charge in [-0.2, -0.15) is 13.2 Å². The van der Waals surface area contributed by atoms with Crippen molar-refractivity contribution in [3.63, 3.8) is 0 Å². The van der Waals surface area contributed by atoms with E-state index in [0.29, 0.717) is 11.4 Å². The van der Waals surface area contributed by atoms with Gasteiger partial charge in [0.25, 0.3) is 0 Å². The van der Waals surface area contributed by atoms with Gasteiger partial charge in [0.05, 0.1) is 5.56 Å². The Balaban J connectivity index is 2.10. The number of hydrogen-bond acceptors (Lipinski definition) is 2. The van der Waals surface area contributed by atoms with E-state index in [9.17, 15) is 13.2 Å². The summed E-state index contributed by atoms with van der Waals surface area (Å²) in [5.74, 6) is 0. The second-order valence-electron chi connectivity index (χ2n) is 4.39. The molecule has 0 atom stereocenters. The van der Waals surface area contributed by atoms with E-state index in [1.165, 1.54) is 12.1 Å². The predicted molar refractivity (Wildman–Crippen MR) is 94.9 cm³/mol. The number of rotatable bonds is 2. The molecule has 4 N–H and O–H groups in total. The lowest BCUT2D eigenvalue weighted by atomic mass is 10.2. The number of anilines is 3. The molecule has 2 rings (SSSR count). The van der Waals surface area contributed by atoms with Crippen LogP contribution in [0.25, 0.3) is 0 Å². The Morgan fingerprint density at radius 2 is 1.55 bits per heavy atom. The van der Waals surface area contributed by atoms with Crippen LogP contribution >= 0.6 is 34.8 Å². The first-order chi connectivity index (χ1) is 10.3. The number of thiocarbonyl (C=S) groups is 1. The topological polar surface area (TPSA) is 50.1 Å². The summed E-state index contributed by atoms with van der Waals surface area (Å²) in [7, 11) is 0. The third-order valence-electron chi connectivity index (χ3n) is 2.70. The average molecular weight is 437 g/mol. The maximum absolute atomic E-state index is 12.9. The van der Waals surface area contributed by atoms with E-state index in [1.54, 1.807) is 46.9 Å². The van der Waals surface area contributed by atoms with Crippen LogP contribution in [0.2, 0.25) is 0 Å². The molecule has 0 spiro atoms. The molecule has 2 aromatic rings. The van der Waals surface area contributed by atoms with Crippen LogP contribution in [0, 0.1) is 3.57 Å². The average Bonchev–Trinajstić information content (AvgIpc) is 2.42. The second-order valence-corrected chi connectivity index (χ2v) is 5.96. The van der Waals surface area contributed by atoms with Gasteiger partial charge < -0.3 is 16.4 Å². The van der Waals surface area contributed by atoms with E-state index >= 15 is 0 Å². The zero-order valence-electron chi connectivity index (χ0n) is 11.0. The minimum Gasteiger partial charge on any atom is -0.399 e. The zero-order chi connectivity index (χ0) is 16.3. The van der Waals surface area contributed by atoms with Crippen molar-refractivity contribution in [2.45, 2.75) is 6.18 Å². The summed E-state index contributed by atoms with van der Waals surface area (Å²) >= 11 is 6.73. The molecule has 0 unspecified atom stereocenters. The number of benzene rings is 2. The van der Waals surface area contributed by atoms with E-state index in [-0.39, 0.29) is 14.4 Å². The minimum absolute atomic E-state index is 0.132. The van der Waals surface area contributed by atoms with Gasteiger partial charge in [0, 0.05) is 20.6 Å². The van der Waals surface area contributed by atoms with Crippen molar-refractivity contribution in [1.82, 2.24) is 0 Å². The monoisotopic (exact) mass is 437 g/mol. The summed E-state index contributed by atoms with van der Waals surface area (Å²) < 4.78 is 38.7.